The molecule has 0 radical (unpaired) electrons. The van der Waals surface area contributed by atoms with Gasteiger partial charge in [-0.1, -0.05) is 18.5 Å². The van der Waals surface area contributed by atoms with Crippen molar-refractivity contribution in [2.24, 2.45) is 4.99 Å². The summed E-state index contributed by atoms with van der Waals surface area (Å²) in [6.07, 6.45) is 5.26. The van der Waals surface area contributed by atoms with Crippen LogP contribution in [0.2, 0.25) is 0 Å². The van der Waals surface area contributed by atoms with E-state index in [-0.39, 0.29) is 0 Å². The molecule has 7 heteroatoms. The van der Waals surface area contributed by atoms with Crippen LogP contribution in [-0.4, -0.2) is 53.7 Å². The zero-order chi connectivity index (χ0) is 15.8. The number of aryl methyl sites for hydroxylation is 1. The third-order valence-electron chi connectivity index (χ3n) is 4.11. The van der Waals surface area contributed by atoms with Gasteiger partial charge >= 0.3 is 0 Å². The van der Waals surface area contributed by atoms with Gasteiger partial charge < -0.3 is 15.2 Å². The first-order chi connectivity index (χ1) is 10.7. The minimum Gasteiger partial charge on any atom is -0.355 e. The first-order valence-corrected chi connectivity index (χ1v) is 8.20. The lowest BCUT2D eigenvalue weighted by molar-refractivity contribution is 0.147. The molecule has 1 saturated heterocycles. The molecule has 124 valence electrons. The van der Waals surface area contributed by atoms with Crippen molar-refractivity contribution in [2.45, 2.75) is 52.1 Å². The van der Waals surface area contributed by atoms with Gasteiger partial charge in [0.15, 0.2) is 11.8 Å². The van der Waals surface area contributed by atoms with Gasteiger partial charge in [0.2, 0.25) is 5.89 Å². The second-order valence-corrected chi connectivity index (χ2v) is 5.68. The molecule has 2 N–H and O–H groups in total. The van der Waals surface area contributed by atoms with Gasteiger partial charge in [0, 0.05) is 26.2 Å². The van der Waals surface area contributed by atoms with Crippen LogP contribution in [0, 0.1) is 6.92 Å². The highest BCUT2D eigenvalue weighted by Gasteiger charge is 2.19. The fourth-order valence-electron chi connectivity index (χ4n) is 2.93. The van der Waals surface area contributed by atoms with Gasteiger partial charge in [-0.15, -0.1) is 0 Å². The van der Waals surface area contributed by atoms with Crippen molar-refractivity contribution >= 4 is 5.96 Å². The molecule has 0 bridgehead atoms. The van der Waals surface area contributed by atoms with Crippen LogP contribution in [0.4, 0.5) is 0 Å². The number of rotatable bonds is 6. The first kappa shape index (κ1) is 16.7. The summed E-state index contributed by atoms with van der Waals surface area (Å²) < 4.78 is 5.07. The van der Waals surface area contributed by atoms with E-state index in [2.05, 4.69) is 37.6 Å². The van der Waals surface area contributed by atoms with Crippen LogP contribution < -0.4 is 10.6 Å². The molecule has 1 aromatic rings. The third-order valence-corrected chi connectivity index (χ3v) is 4.11. The van der Waals surface area contributed by atoms with Crippen LogP contribution in [-0.2, 0) is 6.54 Å². The van der Waals surface area contributed by atoms with E-state index in [0.717, 1.165) is 25.1 Å². The zero-order valence-corrected chi connectivity index (χ0v) is 13.9. The Hall–Kier alpha value is -1.63. The molecular weight excluding hydrogens is 280 g/mol. The van der Waals surface area contributed by atoms with E-state index in [0.29, 0.717) is 18.3 Å². The Morgan fingerprint density at radius 2 is 2.27 bits per heavy atom. The molecule has 0 saturated carbocycles. The number of guanidine groups is 1. The van der Waals surface area contributed by atoms with Crippen LogP contribution in [0.25, 0.3) is 0 Å². The van der Waals surface area contributed by atoms with Crippen LogP contribution in [0.1, 0.15) is 44.3 Å². The second-order valence-electron chi connectivity index (χ2n) is 5.68. The third kappa shape index (κ3) is 4.98. The molecule has 1 atom stereocenters. The molecule has 2 heterocycles. The first-order valence-electron chi connectivity index (χ1n) is 8.20. The van der Waals surface area contributed by atoms with E-state index in [1.54, 1.807) is 7.05 Å². The minimum atomic E-state index is 0.488. The van der Waals surface area contributed by atoms with Gasteiger partial charge in [-0.25, -0.2) is 0 Å². The second kappa shape index (κ2) is 8.73. The largest absolute Gasteiger partial charge is 0.355 e. The van der Waals surface area contributed by atoms with Gasteiger partial charge in [-0.05, 0) is 32.7 Å². The number of likely N-dealkylation sites (tertiary alicyclic amines) is 1. The van der Waals surface area contributed by atoms with E-state index in [1.807, 2.05) is 6.92 Å². The Morgan fingerprint density at radius 1 is 1.41 bits per heavy atom. The van der Waals surface area contributed by atoms with Crippen molar-refractivity contribution in [3.05, 3.63) is 11.7 Å². The number of aromatic nitrogens is 2. The SMILES string of the molecule is CCC1CCCCN1CCNC(=NC)NCc1nc(C)no1. The Labute approximate surface area is 132 Å². The Bertz CT molecular complexity index is 472. The van der Waals surface area contributed by atoms with Gasteiger partial charge in [0.05, 0.1) is 6.54 Å². The topological polar surface area (TPSA) is 78.6 Å². The summed E-state index contributed by atoms with van der Waals surface area (Å²) in [6.45, 7) is 7.74. The van der Waals surface area contributed by atoms with Crippen molar-refractivity contribution in [1.82, 2.24) is 25.7 Å². The van der Waals surface area contributed by atoms with E-state index in [9.17, 15) is 0 Å². The lowest BCUT2D eigenvalue weighted by Crippen LogP contribution is -2.45. The number of hydrogen-bond donors (Lipinski definition) is 2. The molecule has 0 aliphatic carbocycles. The summed E-state index contributed by atoms with van der Waals surface area (Å²) >= 11 is 0. The Balaban J connectivity index is 1.69. The molecule has 2 rings (SSSR count). The molecule has 7 nitrogen and oxygen atoms in total. The van der Waals surface area contributed by atoms with Gasteiger partial charge in [0.25, 0.3) is 0 Å². The fourth-order valence-corrected chi connectivity index (χ4v) is 2.93. The van der Waals surface area contributed by atoms with Crippen LogP contribution in [0.5, 0.6) is 0 Å². The molecule has 0 amide bonds. The van der Waals surface area contributed by atoms with E-state index in [4.69, 9.17) is 4.52 Å². The Kier molecular flexibility index (Phi) is 6.64. The average Bonchev–Trinajstić information content (AvgIpc) is 2.96. The summed E-state index contributed by atoms with van der Waals surface area (Å²) in [5.41, 5.74) is 0. The van der Waals surface area contributed by atoms with E-state index in [1.165, 1.54) is 32.2 Å². The molecule has 0 spiro atoms. The smallest absolute Gasteiger partial charge is 0.246 e. The highest BCUT2D eigenvalue weighted by Crippen LogP contribution is 2.18. The normalized spacial score (nSPS) is 20.1. The van der Waals surface area contributed by atoms with Crippen molar-refractivity contribution in [1.29, 1.82) is 0 Å². The van der Waals surface area contributed by atoms with Crippen molar-refractivity contribution in [2.75, 3.05) is 26.7 Å². The molecule has 22 heavy (non-hydrogen) atoms. The van der Waals surface area contributed by atoms with Crippen molar-refractivity contribution in [3.8, 4) is 0 Å². The van der Waals surface area contributed by atoms with Crippen molar-refractivity contribution < 1.29 is 4.52 Å². The standard InChI is InChI=1S/C15H28N6O/c1-4-13-7-5-6-9-21(13)10-8-17-15(16-3)18-11-14-19-12(2)20-22-14/h13H,4-11H2,1-3H3,(H2,16,17,18). The average molecular weight is 308 g/mol. The van der Waals surface area contributed by atoms with E-state index >= 15 is 0 Å². The fraction of sp³-hybridized carbons (Fsp3) is 0.800. The lowest BCUT2D eigenvalue weighted by atomic mass is 10.0. The highest BCUT2D eigenvalue weighted by molar-refractivity contribution is 5.79. The molecule has 1 aliphatic rings. The number of piperidine rings is 1. The maximum absolute atomic E-state index is 5.07. The van der Waals surface area contributed by atoms with Crippen LogP contribution in [0.3, 0.4) is 0 Å². The van der Waals surface area contributed by atoms with Crippen molar-refractivity contribution in [3.63, 3.8) is 0 Å². The minimum absolute atomic E-state index is 0.488. The summed E-state index contributed by atoms with van der Waals surface area (Å²) in [6, 6.07) is 0.742. The predicted octanol–water partition coefficient (Wildman–Crippen LogP) is 1.31. The number of hydrogen-bond acceptors (Lipinski definition) is 5. The number of nitrogens with zero attached hydrogens (tertiary/aromatic N) is 4. The van der Waals surface area contributed by atoms with Crippen LogP contribution >= 0.6 is 0 Å². The lowest BCUT2D eigenvalue weighted by Gasteiger charge is -2.35. The maximum Gasteiger partial charge on any atom is 0.246 e. The molecule has 1 aromatic heterocycles. The molecule has 1 unspecified atom stereocenters. The maximum atomic E-state index is 5.07. The highest BCUT2D eigenvalue weighted by atomic mass is 16.5. The summed E-state index contributed by atoms with van der Waals surface area (Å²) in [5.74, 6) is 1.99. The van der Waals surface area contributed by atoms with Gasteiger partial charge in [-0.3, -0.25) is 9.89 Å². The molecule has 1 fully saturated rings. The van der Waals surface area contributed by atoms with Crippen LogP contribution in [0.15, 0.2) is 9.52 Å². The summed E-state index contributed by atoms with van der Waals surface area (Å²) in [4.78, 5) is 11.0. The predicted molar refractivity (Wildman–Crippen MR) is 86.7 cm³/mol. The Morgan fingerprint density at radius 3 is 2.95 bits per heavy atom. The van der Waals surface area contributed by atoms with Gasteiger partial charge in [-0.2, -0.15) is 4.98 Å². The quantitative estimate of drug-likeness (QED) is 0.609. The molecule has 1 aliphatic heterocycles. The summed E-state index contributed by atoms with van der Waals surface area (Å²) in [7, 11) is 1.77. The monoisotopic (exact) mass is 308 g/mol. The summed E-state index contributed by atoms with van der Waals surface area (Å²) in [5, 5.41) is 10.3. The molecular formula is C15H28N6O. The number of nitrogens with one attached hydrogen (secondary N) is 2. The van der Waals surface area contributed by atoms with E-state index < -0.39 is 0 Å². The molecule has 0 aromatic carbocycles. The zero-order valence-electron chi connectivity index (χ0n) is 13.9. The van der Waals surface area contributed by atoms with Gasteiger partial charge in [0.1, 0.15) is 0 Å². The number of aliphatic imine (C=N–C) groups is 1.